The summed E-state index contributed by atoms with van der Waals surface area (Å²) in [7, 11) is -4.01. The highest BCUT2D eigenvalue weighted by Crippen LogP contribution is 2.22. The van der Waals surface area contributed by atoms with Gasteiger partial charge >= 0.3 is 0 Å². The van der Waals surface area contributed by atoms with E-state index in [1.807, 2.05) is 6.07 Å². The third-order valence-electron chi connectivity index (χ3n) is 3.59. The zero-order chi connectivity index (χ0) is 20.7. The normalized spacial score (nSPS) is 10.5. The summed E-state index contributed by atoms with van der Waals surface area (Å²) < 4.78 is 23.0. The van der Waals surface area contributed by atoms with Crippen LogP contribution in [0.4, 0.5) is 0 Å². The molecule has 0 aliphatic rings. The van der Waals surface area contributed by atoms with Gasteiger partial charge in [0.1, 0.15) is 0 Å². The van der Waals surface area contributed by atoms with Crippen LogP contribution in [0.25, 0.3) is 0 Å². The molecule has 1 amide bonds. The van der Waals surface area contributed by atoms with E-state index in [4.69, 9.17) is 22.5 Å². The van der Waals surface area contributed by atoms with Crippen LogP contribution in [0.3, 0.4) is 0 Å². The number of carbonyl (C=O) groups is 2. The smallest absolute Gasteiger partial charge is 0.248 e. The number of nitrogens with two attached hydrogens (primary N) is 2. The fraction of sp³-hybridized carbons (Fsp3) is 0. The molecule has 28 heavy (non-hydrogen) atoms. The molecule has 0 bridgehead atoms. The van der Waals surface area contributed by atoms with Crippen molar-refractivity contribution in [3.63, 3.8) is 0 Å². The van der Waals surface area contributed by atoms with Crippen LogP contribution < -0.4 is 10.9 Å². The van der Waals surface area contributed by atoms with Crippen molar-refractivity contribution in [1.29, 1.82) is 0 Å². The number of amides is 1. The van der Waals surface area contributed by atoms with Gasteiger partial charge in [0.2, 0.25) is 15.9 Å². The molecular weight excluding hydrogens is 400 g/mol. The largest absolute Gasteiger partial charge is 0.366 e. The van der Waals surface area contributed by atoms with Crippen LogP contribution in [0.15, 0.2) is 83.8 Å². The fourth-order valence-electron chi connectivity index (χ4n) is 2.27. The Balaban J connectivity index is 0.000000261. The summed E-state index contributed by atoms with van der Waals surface area (Å²) in [5.74, 6) is -0.795. The highest BCUT2D eigenvalue weighted by Gasteiger charge is 2.20. The maximum absolute atomic E-state index is 12.3. The second-order valence-electron chi connectivity index (χ2n) is 5.61. The SMILES string of the molecule is NC(=O)c1ccccc1.NS(=O)(=O)c1cc(Cl)ccc1C(=O)c1ccccc1. The molecule has 3 aromatic rings. The van der Waals surface area contributed by atoms with Gasteiger partial charge < -0.3 is 5.73 Å². The monoisotopic (exact) mass is 416 g/mol. The minimum absolute atomic E-state index is 0.0121. The molecule has 0 aliphatic carbocycles. The maximum atomic E-state index is 12.3. The summed E-state index contributed by atoms with van der Waals surface area (Å²) >= 11 is 5.74. The van der Waals surface area contributed by atoms with Crippen molar-refractivity contribution in [3.05, 3.63) is 101 Å². The molecule has 0 saturated heterocycles. The van der Waals surface area contributed by atoms with Crippen molar-refractivity contribution in [2.75, 3.05) is 0 Å². The van der Waals surface area contributed by atoms with Gasteiger partial charge in [-0.2, -0.15) is 0 Å². The van der Waals surface area contributed by atoms with Crippen LogP contribution in [0.1, 0.15) is 26.3 Å². The van der Waals surface area contributed by atoms with Crippen LogP contribution in [-0.2, 0) is 10.0 Å². The lowest BCUT2D eigenvalue weighted by Crippen LogP contribution is -2.17. The van der Waals surface area contributed by atoms with Crippen molar-refractivity contribution >= 4 is 33.3 Å². The Bertz CT molecular complexity index is 1090. The minimum Gasteiger partial charge on any atom is -0.366 e. The quantitative estimate of drug-likeness (QED) is 0.635. The van der Waals surface area contributed by atoms with Gasteiger partial charge in [-0.15, -0.1) is 0 Å². The van der Waals surface area contributed by atoms with Gasteiger partial charge in [-0.3, -0.25) is 9.59 Å². The van der Waals surface area contributed by atoms with Crippen molar-refractivity contribution in [3.8, 4) is 0 Å². The van der Waals surface area contributed by atoms with Gasteiger partial charge in [0.25, 0.3) is 0 Å². The van der Waals surface area contributed by atoms with Gasteiger partial charge in [0.15, 0.2) is 5.78 Å². The van der Waals surface area contributed by atoms with E-state index in [-0.39, 0.29) is 21.4 Å². The number of hydrogen-bond acceptors (Lipinski definition) is 4. The molecule has 8 heteroatoms. The molecule has 0 radical (unpaired) electrons. The number of primary amides is 1. The van der Waals surface area contributed by atoms with Crippen LogP contribution in [0.5, 0.6) is 0 Å². The molecule has 0 spiro atoms. The second-order valence-corrected chi connectivity index (χ2v) is 7.58. The summed E-state index contributed by atoms with van der Waals surface area (Å²) in [5, 5.41) is 5.31. The average Bonchev–Trinajstić information content (AvgIpc) is 2.68. The number of carbonyl (C=O) groups excluding carboxylic acids is 2. The highest BCUT2D eigenvalue weighted by atomic mass is 35.5. The zero-order valence-electron chi connectivity index (χ0n) is 14.6. The zero-order valence-corrected chi connectivity index (χ0v) is 16.2. The third kappa shape index (κ3) is 5.75. The molecule has 0 aliphatic heterocycles. The van der Waals surface area contributed by atoms with Crippen molar-refractivity contribution in [1.82, 2.24) is 0 Å². The van der Waals surface area contributed by atoms with E-state index < -0.39 is 15.8 Å². The Morgan fingerprint density at radius 1 is 0.786 bits per heavy atom. The molecule has 0 aromatic heterocycles. The maximum Gasteiger partial charge on any atom is 0.248 e. The molecule has 6 nitrogen and oxygen atoms in total. The van der Waals surface area contributed by atoms with Crippen LogP contribution in [0, 0.1) is 0 Å². The number of benzene rings is 3. The second kappa shape index (κ2) is 9.27. The standard InChI is InChI=1S/C13H10ClNO3S.C7H7NO/c14-10-6-7-11(12(8-10)19(15,17)18)13(16)9-4-2-1-3-5-9;8-7(9)6-4-2-1-3-5-6/h1-8H,(H2,15,17,18);1-5H,(H2,8,9). The van der Waals surface area contributed by atoms with E-state index in [1.165, 1.54) is 18.2 Å². The molecule has 0 fully saturated rings. The minimum atomic E-state index is -4.01. The first-order valence-corrected chi connectivity index (χ1v) is 9.89. The van der Waals surface area contributed by atoms with Gasteiger partial charge in [0.05, 0.1) is 4.90 Å². The Hall–Kier alpha value is -3.00. The Labute approximate surface area is 167 Å². The molecule has 3 rings (SSSR count). The van der Waals surface area contributed by atoms with Crippen molar-refractivity contribution in [2.24, 2.45) is 10.9 Å². The topological polar surface area (TPSA) is 120 Å². The molecule has 0 atom stereocenters. The number of hydrogen-bond donors (Lipinski definition) is 2. The van der Waals surface area contributed by atoms with Crippen LogP contribution in [-0.4, -0.2) is 20.1 Å². The van der Waals surface area contributed by atoms with E-state index >= 15 is 0 Å². The number of primary sulfonamides is 1. The summed E-state index contributed by atoms with van der Waals surface area (Å²) in [6.07, 6.45) is 0. The van der Waals surface area contributed by atoms with Gasteiger partial charge in [-0.05, 0) is 30.3 Å². The number of rotatable bonds is 4. The first-order chi connectivity index (χ1) is 13.2. The molecule has 0 heterocycles. The van der Waals surface area contributed by atoms with Crippen molar-refractivity contribution < 1.29 is 18.0 Å². The van der Waals surface area contributed by atoms with Crippen molar-refractivity contribution in [2.45, 2.75) is 4.90 Å². The van der Waals surface area contributed by atoms with E-state index in [2.05, 4.69) is 0 Å². The average molecular weight is 417 g/mol. The fourth-order valence-corrected chi connectivity index (χ4v) is 3.26. The molecule has 144 valence electrons. The van der Waals surface area contributed by atoms with Gasteiger partial charge in [0, 0.05) is 21.7 Å². The Kier molecular flexibility index (Phi) is 7.06. The summed E-state index contributed by atoms with van der Waals surface area (Å²) in [6, 6.07) is 21.1. The lowest BCUT2D eigenvalue weighted by atomic mass is 10.0. The number of sulfonamides is 1. The van der Waals surface area contributed by atoms with E-state index in [9.17, 15) is 18.0 Å². The van der Waals surface area contributed by atoms with E-state index in [1.54, 1.807) is 54.6 Å². The van der Waals surface area contributed by atoms with Crippen LogP contribution >= 0.6 is 11.6 Å². The summed E-state index contributed by atoms with van der Waals surface area (Å²) in [4.78, 5) is 22.4. The summed E-state index contributed by atoms with van der Waals surface area (Å²) in [6.45, 7) is 0. The highest BCUT2D eigenvalue weighted by molar-refractivity contribution is 7.89. The summed E-state index contributed by atoms with van der Waals surface area (Å²) in [5.41, 5.74) is 5.92. The first kappa shape index (κ1) is 21.3. The van der Waals surface area contributed by atoms with E-state index in [0.29, 0.717) is 11.1 Å². The lowest BCUT2D eigenvalue weighted by Gasteiger charge is -2.07. The molecule has 0 saturated carbocycles. The lowest BCUT2D eigenvalue weighted by molar-refractivity contribution is 0.0998. The molecular formula is C20H17ClN2O4S. The number of ketones is 1. The molecule has 4 N–H and O–H groups in total. The number of halogens is 1. The third-order valence-corrected chi connectivity index (χ3v) is 4.78. The molecule has 3 aromatic carbocycles. The predicted octanol–water partition coefficient (Wildman–Crippen LogP) is 3.00. The predicted molar refractivity (Wildman–Crippen MR) is 108 cm³/mol. The molecule has 0 unspecified atom stereocenters. The van der Waals surface area contributed by atoms with Gasteiger partial charge in [-0.1, -0.05) is 60.1 Å². The Morgan fingerprint density at radius 3 is 1.71 bits per heavy atom. The van der Waals surface area contributed by atoms with Crippen LogP contribution in [0.2, 0.25) is 5.02 Å². The Morgan fingerprint density at radius 2 is 1.29 bits per heavy atom. The van der Waals surface area contributed by atoms with Gasteiger partial charge in [-0.25, -0.2) is 13.6 Å². The van der Waals surface area contributed by atoms with E-state index in [0.717, 1.165) is 0 Å². The first-order valence-electron chi connectivity index (χ1n) is 7.97.